The minimum Gasteiger partial charge on any atom is -0.258 e. The summed E-state index contributed by atoms with van der Waals surface area (Å²) in [5, 5.41) is 1.15. The predicted octanol–water partition coefficient (Wildman–Crippen LogP) is 4.33. The lowest BCUT2D eigenvalue weighted by atomic mass is 10.2. The molecule has 0 aliphatic carbocycles. The number of halogens is 4. The summed E-state index contributed by atoms with van der Waals surface area (Å²) in [5.41, 5.74) is 0.838. The molecule has 1 aromatic carbocycles. The lowest BCUT2D eigenvalue weighted by Gasteiger charge is -2.00. The van der Waals surface area contributed by atoms with E-state index in [1.165, 1.54) is 0 Å². The number of hydrogen-bond acceptors (Lipinski definition) is 1. The molecule has 0 bridgehead atoms. The largest absolute Gasteiger partial charge is 0.258 e. The van der Waals surface area contributed by atoms with E-state index in [1.54, 1.807) is 18.2 Å². The first kappa shape index (κ1) is 11.1. The molecular weight excluding hydrogens is 252 g/mol. The number of hydrogen-bond donors (Lipinski definition) is 0. The topological polar surface area (TPSA) is 12.4 Å². The van der Waals surface area contributed by atoms with Crippen molar-refractivity contribution in [1.82, 2.24) is 0 Å². The molecule has 1 nitrogen and oxygen atoms in total. The summed E-state index contributed by atoms with van der Waals surface area (Å²) < 4.78 is -0.00832. The monoisotopic (exact) mass is 255 g/mol. The maximum Gasteiger partial charge on any atom is 0.192 e. The molecule has 1 aromatic rings. The first-order chi connectivity index (χ1) is 6.09. The van der Waals surface area contributed by atoms with Gasteiger partial charge in [0.1, 0.15) is 0 Å². The summed E-state index contributed by atoms with van der Waals surface area (Å²) in [4.78, 5) is 3.81. The third-order valence-corrected chi connectivity index (χ3v) is 2.21. The highest BCUT2D eigenvalue weighted by Crippen LogP contribution is 2.21. The summed E-state index contributed by atoms with van der Waals surface area (Å²) in [6, 6.07) is 5.17. The molecule has 0 N–H and O–H groups in total. The zero-order chi connectivity index (χ0) is 9.84. The van der Waals surface area contributed by atoms with E-state index in [-0.39, 0.29) is 4.63 Å². The molecule has 0 heterocycles. The summed E-state index contributed by atoms with van der Waals surface area (Å²) in [5.74, 6) is 0. The van der Waals surface area contributed by atoms with Crippen LogP contribution in [-0.4, -0.2) is 4.63 Å². The fourth-order valence-electron chi connectivity index (χ4n) is 0.795. The first-order valence-corrected chi connectivity index (χ1v) is 4.90. The van der Waals surface area contributed by atoms with Gasteiger partial charge < -0.3 is 0 Å². The van der Waals surface area contributed by atoms with Gasteiger partial charge in [-0.2, -0.15) is 0 Å². The number of rotatable bonds is 2. The van der Waals surface area contributed by atoms with Crippen LogP contribution in [-0.2, 0) is 6.54 Å². The van der Waals surface area contributed by atoms with Gasteiger partial charge in [-0.3, -0.25) is 4.99 Å². The van der Waals surface area contributed by atoms with Crippen LogP contribution in [0.3, 0.4) is 0 Å². The van der Waals surface area contributed by atoms with Crippen LogP contribution in [0.4, 0.5) is 0 Å². The van der Waals surface area contributed by atoms with Crippen LogP contribution in [0.15, 0.2) is 23.2 Å². The molecule has 5 heteroatoms. The molecule has 0 unspecified atom stereocenters. The molecule has 0 radical (unpaired) electrons. The molecule has 70 valence electrons. The minimum absolute atomic E-state index is 0.00832. The maximum absolute atomic E-state index is 5.87. The number of nitrogens with zero attached hydrogens (tertiary/aromatic N) is 1. The van der Waals surface area contributed by atoms with Crippen molar-refractivity contribution < 1.29 is 0 Å². The van der Waals surface area contributed by atoms with Gasteiger partial charge in [-0.05, 0) is 40.9 Å². The molecule has 0 fully saturated rings. The van der Waals surface area contributed by atoms with E-state index in [0.717, 1.165) is 5.56 Å². The van der Waals surface area contributed by atoms with Crippen molar-refractivity contribution >= 4 is 51.0 Å². The van der Waals surface area contributed by atoms with Crippen LogP contribution < -0.4 is 0 Å². The second kappa shape index (κ2) is 5.06. The number of benzene rings is 1. The molecule has 0 aliphatic rings. The Morgan fingerprint density at radius 1 is 1.23 bits per heavy atom. The Hall–Kier alpha value is 0.0500. The molecule has 0 atom stereocenters. The quantitative estimate of drug-likeness (QED) is 0.699. The van der Waals surface area contributed by atoms with Crippen molar-refractivity contribution in [1.29, 1.82) is 0 Å². The van der Waals surface area contributed by atoms with Crippen molar-refractivity contribution in [3.05, 3.63) is 33.8 Å². The van der Waals surface area contributed by atoms with E-state index >= 15 is 0 Å². The van der Waals surface area contributed by atoms with E-state index in [1.807, 2.05) is 0 Å². The van der Waals surface area contributed by atoms with Gasteiger partial charge in [0, 0.05) is 10.0 Å². The fraction of sp³-hybridized carbons (Fsp3) is 0.125. The van der Waals surface area contributed by atoms with Crippen molar-refractivity contribution in [3.8, 4) is 0 Å². The van der Waals surface area contributed by atoms with Gasteiger partial charge in [0.05, 0.1) is 6.54 Å². The second-order valence-electron chi connectivity index (χ2n) is 2.29. The average molecular weight is 257 g/mol. The average Bonchev–Trinajstić information content (AvgIpc) is 2.02. The highest BCUT2D eigenvalue weighted by Gasteiger charge is 1.99. The van der Waals surface area contributed by atoms with Crippen LogP contribution >= 0.6 is 46.4 Å². The SMILES string of the molecule is ClC(Cl)=NCc1ccc(Cl)cc1Cl. The van der Waals surface area contributed by atoms with Gasteiger partial charge >= 0.3 is 0 Å². The van der Waals surface area contributed by atoms with Gasteiger partial charge in [-0.1, -0.05) is 29.3 Å². The van der Waals surface area contributed by atoms with E-state index in [9.17, 15) is 0 Å². The van der Waals surface area contributed by atoms with Gasteiger partial charge in [0.2, 0.25) is 0 Å². The molecule has 0 saturated heterocycles. The zero-order valence-electron chi connectivity index (χ0n) is 6.40. The van der Waals surface area contributed by atoms with Crippen LogP contribution in [0.2, 0.25) is 10.0 Å². The molecular formula is C8H5Cl4N. The molecule has 0 aliphatic heterocycles. The fourth-order valence-corrected chi connectivity index (χ4v) is 1.38. The van der Waals surface area contributed by atoms with Crippen molar-refractivity contribution in [3.63, 3.8) is 0 Å². The second-order valence-corrected chi connectivity index (χ2v) is 4.05. The molecule has 0 amide bonds. The molecule has 0 saturated carbocycles. The maximum atomic E-state index is 5.87. The van der Waals surface area contributed by atoms with E-state index in [2.05, 4.69) is 4.99 Å². The van der Waals surface area contributed by atoms with Crippen LogP contribution in [0.5, 0.6) is 0 Å². The summed E-state index contributed by atoms with van der Waals surface area (Å²) in [6.45, 7) is 0.359. The van der Waals surface area contributed by atoms with Gasteiger partial charge in [-0.25, -0.2) is 0 Å². The van der Waals surface area contributed by atoms with Crippen molar-refractivity contribution in [2.45, 2.75) is 6.54 Å². The smallest absolute Gasteiger partial charge is 0.192 e. The Labute approximate surface area is 96.3 Å². The molecule has 0 aromatic heterocycles. The minimum atomic E-state index is -0.00832. The Kier molecular flexibility index (Phi) is 4.33. The Bertz CT molecular complexity index is 331. The molecule has 0 spiro atoms. The van der Waals surface area contributed by atoms with Gasteiger partial charge in [-0.15, -0.1) is 0 Å². The van der Waals surface area contributed by atoms with E-state index in [0.29, 0.717) is 16.6 Å². The van der Waals surface area contributed by atoms with Crippen molar-refractivity contribution in [2.75, 3.05) is 0 Å². The summed E-state index contributed by atoms with van der Waals surface area (Å²) in [6.07, 6.45) is 0. The Balaban J connectivity index is 2.84. The normalized spacial score (nSPS) is 9.85. The zero-order valence-corrected chi connectivity index (χ0v) is 9.42. The van der Waals surface area contributed by atoms with E-state index < -0.39 is 0 Å². The third kappa shape index (κ3) is 3.74. The standard InChI is InChI=1S/C8H5Cl4N/c9-6-2-1-5(7(10)3-6)4-13-8(11)12/h1-3H,4H2. The third-order valence-electron chi connectivity index (χ3n) is 1.38. The van der Waals surface area contributed by atoms with Gasteiger partial charge in [0.15, 0.2) is 4.63 Å². The van der Waals surface area contributed by atoms with Crippen LogP contribution in [0, 0.1) is 0 Å². The molecule has 1 rings (SSSR count). The van der Waals surface area contributed by atoms with Gasteiger partial charge in [0.25, 0.3) is 0 Å². The summed E-state index contributed by atoms with van der Waals surface area (Å²) in [7, 11) is 0. The Morgan fingerprint density at radius 3 is 2.46 bits per heavy atom. The predicted molar refractivity (Wildman–Crippen MR) is 59.3 cm³/mol. The van der Waals surface area contributed by atoms with Crippen molar-refractivity contribution in [2.24, 2.45) is 4.99 Å². The lowest BCUT2D eigenvalue weighted by molar-refractivity contribution is 1.08. The lowest BCUT2D eigenvalue weighted by Crippen LogP contribution is -1.84. The summed E-state index contributed by atoms with van der Waals surface area (Å²) >= 11 is 22.3. The highest BCUT2D eigenvalue weighted by molar-refractivity contribution is 6.95. The van der Waals surface area contributed by atoms with E-state index in [4.69, 9.17) is 46.4 Å². The van der Waals surface area contributed by atoms with Crippen LogP contribution in [0.1, 0.15) is 5.56 Å². The first-order valence-electron chi connectivity index (χ1n) is 3.39. The highest BCUT2D eigenvalue weighted by atomic mass is 35.5. The van der Waals surface area contributed by atoms with Crippen LogP contribution in [0.25, 0.3) is 0 Å². The number of aliphatic imine (C=N–C) groups is 1. The Morgan fingerprint density at radius 2 is 1.92 bits per heavy atom. The molecule has 13 heavy (non-hydrogen) atoms.